The second-order valence-corrected chi connectivity index (χ2v) is 7.20. The summed E-state index contributed by atoms with van der Waals surface area (Å²) in [5.41, 5.74) is 1.95. The molecule has 1 aliphatic heterocycles. The number of carbonyl (C=O) groups is 1. The molecule has 0 amide bonds. The highest BCUT2D eigenvalue weighted by atomic mass is 32.2. The van der Waals surface area contributed by atoms with Crippen molar-refractivity contribution in [2.24, 2.45) is 5.41 Å². The average Bonchev–Trinajstić information content (AvgIpc) is 2.95. The van der Waals surface area contributed by atoms with Crippen molar-refractivity contribution in [1.29, 1.82) is 0 Å². The lowest BCUT2D eigenvalue weighted by Gasteiger charge is -2.41. The van der Waals surface area contributed by atoms with Crippen LogP contribution in [0.15, 0.2) is 23.1 Å². The molecule has 4 heteroatoms. The largest absolute Gasteiger partial charge is 0.478 e. The summed E-state index contributed by atoms with van der Waals surface area (Å²) in [7, 11) is 0. The molecule has 2 aliphatic rings. The molecule has 0 atom stereocenters. The van der Waals surface area contributed by atoms with Gasteiger partial charge in [-0.15, -0.1) is 11.8 Å². The van der Waals surface area contributed by atoms with E-state index >= 15 is 0 Å². The first-order valence-electron chi connectivity index (χ1n) is 7.80. The fourth-order valence-electron chi connectivity index (χ4n) is 4.02. The van der Waals surface area contributed by atoms with Gasteiger partial charge in [-0.25, -0.2) is 4.79 Å². The van der Waals surface area contributed by atoms with E-state index in [-0.39, 0.29) is 0 Å². The van der Waals surface area contributed by atoms with Crippen LogP contribution in [0.3, 0.4) is 0 Å². The number of piperidine rings is 1. The molecule has 0 unspecified atom stereocenters. The van der Waals surface area contributed by atoms with Gasteiger partial charge in [0, 0.05) is 18.0 Å². The van der Waals surface area contributed by atoms with E-state index in [9.17, 15) is 9.90 Å². The van der Waals surface area contributed by atoms with Crippen LogP contribution in [0.5, 0.6) is 0 Å². The van der Waals surface area contributed by atoms with Crippen molar-refractivity contribution in [1.82, 2.24) is 0 Å². The monoisotopic (exact) mass is 305 g/mol. The van der Waals surface area contributed by atoms with Crippen LogP contribution >= 0.6 is 11.8 Å². The van der Waals surface area contributed by atoms with Crippen LogP contribution in [0.25, 0.3) is 0 Å². The van der Waals surface area contributed by atoms with E-state index in [1.54, 1.807) is 0 Å². The van der Waals surface area contributed by atoms with E-state index in [1.807, 2.05) is 24.5 Å². The van der Waals surface area contributed by atoms with Crippen LogP contribution in [0.4, 0.5) is 5.69 Å². The number of aromatic carboxylic acids is 1. The van der Waals surface area contributed by atoms with Gasteiger partial charge >= 0.3 is 5.97 Å². The molecule has 1 aromatic rings. The highest BCUT2D eigenvalue weighted by Gasteiger charge is 2.37. The third-order valence-electron chi connectivity index (χ3n) is 5.27. The number of hydrogen-bond donors (Lipinski definition) is 1. The molecule has 0 bridgehead atoms. The van der Waals surface area contributed by atoms with E-state index in [4.69, 9.17) is 0 Å². The molecule has 114 valence electrons. The maximum Gasteiger partial charge on any atom is 0.338 e. The molecule has 1 N–H and O–H groups in total. The molecule has 1 aliphatic carbocycles. The number of carboxylic acid groups (broad SMARTS) is 1. The summed E-state index contributed by atoms with van der Waals surface area (Å²) in [6, 6.07) is 5.85. The third kappa shape index (κ3) is 2.78. The van der Waals surface area contributed by atoms with Gasteiger partial charge < -0.3 is 10.0 Å². The lowest BCUT2D eigenvalue weighted by atomic mass is 9.77. The van der Waals surface area contributed by atoms with Crippen LogP contribution in [0.1, 0.15) is 48.9 Å². The van der Waals surface area contributed by atoms with Gasteiger partial charge in [-0.1, -0.05) is 18.9 Å². The molecule has 3 rings (SSSR count). The topological polar surface area (TPSA) is 40.5 Å². The Morgan fingerprint density at radius 3 is 2.43 bits per heavy atom. The van der Waals surface area contributed by atoms with E-state index in [2.05, 4.69) is 4.90 Å². The van der Waals surface area contributed by atoms with Crippen LogP contribution in [0, 0.1) is 5.41 Å². The van der Waals surface area contributed by atoms with Crippen LogP contribution in [-0.2, 0) is 0 Å². The van der Waals surface area contributed by atoms with Crippen molar-refractivity contribution in [2.75, 3.05) is 24.2 Å². The first kappa shape index (κ1) is 14.8. The van der Waals surface area contributed by atoms with Crippen LogP contribution in [0.2, 0.25) is 0 Å². The smallest absolute Gasteiger partial charge is 0.338 e. The molecule has 2 fully saturated rings. The minimum Gasteiger partial charge on any atom is -0.478 e. The normalized spacial score (nSPS) is 20.9. The summed E-state index contributed by atoms with van der Waals surface area (Å²) in [6.45, 7) is 2.00. The van der Waals surface area contributed by atoms with Gasteiger partial charge in [0.25, 0.3) is 0 Å². The lowest BCUT2D eigenvalue weighted by molar-refractivity contribution is 0.0693. The highest BCUT2D eigenvalue weighted by Crippen LogP contribution is 2.47. The molecule has 1 heterocycles. The van der Waals surface area contributed by atoms with Gasteiger partial charge in [0.1, 0.15) is 0 Å². The van der Waals surface area contributed by atoms with Crippen LogP contribution in [-0.4, -0.2) is 30.4 Å². The van der Waals surface area contributed by atoms with Crippen molar-refractivity contribution < 1.29 is 9.90 Å². The van der Waals surface area contributed by atoms with E-state index in [0.717, 1.165) is 23.7 Å². The first-order chi connectivity index (χ1) is 10.2. The van der Waals surface area contributed by atoms with Crippen molar-refractivity contribution in [3.05, 3.63) is 23.8 Å². The summed E-state index contributed by atoms with van der Waals surface area (Å²) >= 11 is 1.51. The SMILES string of the molecule is CSc1cccc(N2CCC3(CCCC3)CC2)c1C(=O)O. The first-order valence-corrected chi connectivity index (χ1v) is 9.03. The lowest BCUT2D eigenvalue weighted by Crippen LogP contribution is -2.39. The number of benzene rings is 1. The Morgan fingerprint density at radius 2 is 1.86 bits per heavy atom. The summed E-state index contributed by atoms with van der Waals surface area (Å²) < 4.78 is 0. The van der Waals surface area contributed by atoms with Gasteiger partial charge in [-0.05, 0) is 49.5 Å². The summed E-state index contributed by atoms with van der Waals surface area (Å²) in [6.07, 6.45) is 9.88. The minimum absolute atomic E-state index is 0.479. The zero-order valence-electron chi connectivity index (χ0n) is 12.6. The molecule has 1 saturated carbocycles. The molecule has 21 heavy (non-hydrogen) atoms. The average molecular weight is 305 g/mol. The second-order valence-electron chi connectivity index (χ2n) is 6.35. The summed E-state index contributed by atoms with van der Waals surface area (Å²) in [5.74, 6) is -0.809. The zero-order chi connectivity index (χ0) is 14.9. The van der Waals surface area contributed by atoms with Gasteiger partial charge in [-0.2, -0.15) is 0 Å². The Hall–Kier alpha value is -1.16. The number of nitrogens with zero attached hydrogens (tertiary/aromatic N) is 1. The predicted molar refractivity (Wildman–Crippen MR) is 87.5 cm³/mol. The van der Waals surface area contributed by atoms with Gasteiger partial charge in [0.2, 0.25) is 0 Å². The number of carboxylic acids is 1. The highest BCUT2D eigenvalue weighted by molar-refractivity contribution is 7.98. The van der Waals surface area contributed by atoms with E-state index < -0.39 is 5.97 Å². The fraction of sp³-hybridized carbons (Fsp3) is 0.588. The standard InChI is InChI=1S/C17H23NO2S/c1-21-14-6-4-5-13(15(14)16(19)20)18-11-9-17(10-12-18)7-2-3-8-17/h4-6H,2-3,7-12H2,1H3,(H,19,20). The Balaban J connectivity index is 1.83. The van der Waals surface area contributed by atoms with Crippen molar-refractivity contribution in [3.8, 4) is 0 Å². The quantitative estimate of drug-likeness (QED) is 0.847. The molecule has 1 spiro atoms. The minimum atomic E-state index is -0.809. The summed E-state index contributed by atoms with van der Waals surface area (Å²) in [5, 5.41) is 9.57. The van der Waals surface area contributed by atoms with Crippen molar-refractivity contribution >= 4 is 23.4 Å². The second kappa shape index (κ2) is 5.91. The molecule has 1 aromatic carbocycles. The molecular weight excluding hydrogens is 282 g/mol. The number of hydrogen-bond acceptors (Lipinski definition) is 3. The Kier molecular flexibility index (Phi) is 4.16. The molecule has 0 aromatic heterocycles. The predicted octanol–water partition coefficient (Wildman–Crippen LogP) is 4.27. The molecule has 0 radical (unpaired) electrons. The Bertz CT molecular complexity index is 528. The van der Waals surface area contributed by atoms with Crippen molar-refractivity contribution in [3.63, 3.8) is 0 Å². The van der Waals surface area contributed by atoms with E-state index in [0.29, 0.717) is 11.0 Å². The van der Waals surface area contributed by atoms with Crippen molar-refractivity contribution in [2.45, 2.75) is 43.4 Å². The Labute approximate surface area is 130 Å². The van der Waals surface area contributed by atoms with Crippen LogP contribution < -0.4 is 4.90 Å². The third-order valence-corrected chi connectivity index (χ3v) is 6.05. The number of anilines is 1. The molecule has 1 saturated heterocycles. The van der Waals surface area contributed by atoms with Gasteiger partial charge in [-0.3, -0.25) is 0 Å². The van der Waals surface area contributed by atoms with Gasteiger partial charge in [0.05, 0.1) is 11.3 Å². The van der Waals surface area contributed by atoms with Gasteiger partial charge in [0.15, 0.2) is 0 Å². The summed E-state index contributed by atoms with van der Waals surface area (Å²) in [4.78, 5) is 14.8. The maximum atomic E-state index is 11.7. The number of thioether (sulfide) groups is 1. The molecule has 3 nitrogen and oxygen atoms in total. The Morgan fingerprint density at radius 1 is 1.19 bits per heavy atom. The van der Waals surface area contributed by atoms with E-state index in [1.165, 1.54) is 50.3 Å². The number of rotatable bonds is 3. The maximum absolute atomic E-state index is 11.7. The fourth-order valence-corrected chi connectivity index (χ4v) is 4.63. The molecular formula is C17H23NO2S. The zero-order valence-corrected chi connectivity index (χ0v) is 13.4.